The summed E-state index contributed by atoms with van der Waals surface area (Å²) in [6.45, 7) is 1.37. The molecule has 0 bridgehead atoms. The molecule has 2 N–H and O–H groups in total. The van der Waals surface area contributed by atoms with E-state index in [1.54, 1.807) is 38.4 Å². The number of nitrogens with zero attached hydrogens (tertiary/aromatic N) is 2. The van der Waals surface area contributed by atoms with E-state index in [0.29, 0.717) is 30.2 Å². The highest BCUT2D eigenvalue weighted by molar-refractivity contribution is 14.0. The number of hydrogen-bond donors (Lipinski definition) is 2. The number of nitrogens with one attached hydrogen (secondary N) is 2. The molecule has 0 radical (unpaired) electrons. The van der Waals surface area contributed by atoms with Gasteiger partial charge in [-0.05, 0) is 30.2 Å². The molecule has 154 valence electrons. The summed E-state index contributed by atoms with van der Waals surface area (Å²) < 4.78 is 5.35. The zero-order chi connectivity index (χ0) is 19.9. The fraction of sp³-hybridized carbons (Fsp3) is 0.286. The normalized spacial score (nSPS) is 13.0. The molecule has 0 unspecified atom stereocenters. The second-order valence-corrected chi connectivity index (χ2v) is 6.30. The Labute approximate surface area is 187 Å². The van der Waals surface area contributed by atoms with Gasteiger partial charge in [-0.25, -0.2) is 0 Å². The minimum absolute atomic E-state index is 0. The molecule has 2 aromatic carbocycles. The number of imide groups is 1. The zero-order valence-electron chi connectivity index (χ0n) is 16.5. The lowest BCUT2D eigenvalue weighted by Gasteiger charge is -2.16. The molecular weight excluding hydrogens is 483 g/mol. The smallest absolute Gasteiger partial charge is 0.261 e. The van der Waals surface area contributed by atoms with Crippen LogP contribution in [-0.2, 0) is 6.42 Å². The lowest BCUT2D eigenvalue weighted by molar-refractivity contribution is 0.0657. The number of methoxy groups -OCH3 is 1. The minimum atomic E-state index is -0.249. The van der Waals surface area contributed by atoms with Crippen molar-refractivity contribution >= 4 is 41.8 Å². The van der Waals surface area contributed by atoms with Crippen LogP contribution in [0.5, 0.6) is 5.75 Å². The van der Waals surface area contributed by atoms with Gasteiger partial charge in [-0.15, -0.1) is 24.0 Å². The standard InChI is InChI=1S/C21H24N4O3.HI/c1-22-21(23-12-11-15-7-3-6-10-18(15)28-2)24-13-14-25-19(26)16-8-4-5-9-17(16)20(25)27;/h3-10H,11-14H2,1-2H3,(H2,22,23,24);1H. The number of halogens is 1. The maximum absolute atomic E-state index is 12.4. The Morgan fingerprint density at radius 3 is 2.17 bits per heavy atom. The molecule has 0 aromatic heterocycles. The summed E-state index contributed by atoms with van der Waals surface area (Å²) in [5.41, 5.74) is 2.04. The van der Waals surface area contributed by atoms with Crippen molar-refractivity contribution in [1.29, 1.82) is 0 Å². The van der Waals surface area contributed by atoms with Crippen molar-refractivity contribution in [3.63, 3.8) is 0 Å². The summed E-state index contributed by atoms with van der Waals surface area (Å²) in [6, 6.07) is 14.8. The predicted octanol–water partition coefficient (Wildman–Crippen LogP) is 2.32. The van der Waals surface area contributed by atoms with Crippen LogP contribution >= 0.6 is 24.0 Å². The second-order valence-electron chi connectivity index (χ2n) is 6.30. The molecule has 0 saturated carbocycles. The van der Waals surface area contributed by atoms with Gasteiger partial charge in [0.2, 0.25) is 0 Å². The summed E-state index contributed by atoms with van der Waals surface area (Å²) in [5.74, 6) is 0.979. The van der Waals surface area contributed by atoms with Crippen LogP contribution in [0, 0.1) is 0 Å². The molecule has 0 fully saturated rings. The van der Waals surface area contributed by atoms with Crippen molar-refractivity contribution in [3.05, 3.63) is 65.2 Å². The topological polar surface area (TPSA) is 83.0 Å². The Balaban J connectivity index is 0.00000300. The molecule has 0 atom stereocenters. The molecule has 7 nitrogen and oxygen atoms in total. The van der Waals surface area contributed by atoms with Gasteiger partial charge in [-0.1, -0.05) is 30.3 Å². The molecule has 29 heavy (non-hydrogen) atoms. The number of aliphatic imine (C=N–C) groups is 1. The highest BCUT2D eigenvalue weighted by Gasteiger charge is 2.34. The van der Waals surface area contributed by atoms with E-state index in [9.17, 15) is 9.59 Å². The van der Waals surface area contributed by atoms with Gasteiger partial charge in [0.1, 0.15) is 5.75 Å². The third-order valence-electron chi connectivity index (χ3n) is 4.61. The van der Waals surface area contributed by atoms with Crippen LogP contribution < -0.4 is 15.4 Å². The van der Waals surface area contributed by atoms with E-state index in [0.717, 1.165) is 17.7 Å². The van der Waals surface area contributed by atoms with Gasteiger partial charge in [0, 0.05) is 26.7 Å². The molecule has 1 aliphatic heterocycles. The zero-order valence-corrected chi connectivity index (χ0v) is 18.8. The first-order valence-corrected chi connectivity index (χ1v) is 9.17. The Morgan fingerprint density at radius 2 is 1.55 bits per heavy atom. The number of amides is 2. The average molecular weight is 508 g/mol. The number of rotatable bonds is 7. The number of guanidine groups is 1. The maximum atomic E-state index is 12.4. The van der Waals surface area contributed by atoms with Crippen molar-refractivity contribution in [2.75, 3.05) is 33.8 Å². The van der Waals surface area contributed by atoms with Gasteiger partial charge in [0.15, 0.2) is 5.96 Å². The van der Waals surface area contributed by atoms with Gasteiger partial charge in [0.25, 0.3) is 11.8 Å². The molecule has 3 rings (SSSR count). The number of benzene rings is 2. The van der Waals surface area contributed by atoms with Gasteiger partial charge in [0.05, 0.1) is 18.2 Å². The monoisotopic (exact) mass is 508 g/mol. The molecule has 0 spiro atoms. The Kier molecular flexibility index (Phi) is 8.44. The van der Waals surface area contributed by atoms with Crippen molar-refractivity contribution in [1.82, 2.24) is 15.5 Å². The van der Waals surface area contributed by atoms with Crippen LogP contribution in [0.3, 0.4) is 0 Å². The molecule has 8 heteroatoms. The van der Waals surface area contributed by atoms with Crippen LogP contribution in [-0.4, -0.2) is 56.5 Å². The lowest BCUT2D eigenvalue weighted by Crippen LogP contribution is -2.43. The highest BCUT2D eigenvalue weighted by atomic mass is 127. The maximum Gasteiger partial charge on any atom is 0.261 e. The fourth-order valence-electron chi connectivity index (χ4n) is 3.17. The summed E-state index contributed by atoms with van der Waals surface area (Å²) in [5, 5.41) is 6.37. The molecule has 2 amide bonds. The van der Waals surface area contributed by atoms with E-state index in [1.165, 1.54) is 4.90 Å². The molecule has 0 aliphatic carbocycles. The first-order chi connectivity index (χ1) is 13.7. The Morgan fingerprint density at radius 1 is 0.966 bits per heavy atom. The van der Waals surface area contributed by atoms with E-state index in [4.69, 9.17) is 4.74 Å². The average Bonchev–Trinajstić information content (AvgIpc) is 2.98. The van der Waals surface area contributed by atoms with Crippen molar-refractivity contribution in [3.8, 4) is 5.75 Å². The van der Waals surface area contributed by atoms with Crippen LogP contribution in [0.25, 0.3) is 0 Å². The van der Waals surface area contributed by atoms with E-state index < -0.39 is 0 Å². The summed E-state index contributed by atoms with van der Waals surface area (Å²) in [7, 11) is 3.34. The third-order valence-corrected chi connectivity index (χ3v) is 4.61. The van der Waals surface area contributed by atoms with E-state index in [1.807, 2.05) is 24.3 Å². The Bertz CT molecular complexity index is 866. The van der Waals surface area contributed by atoms with Gasteiger partial charge in [-0.3, -0.25) is 19.5 Å². The van der Waals surface area contributed by atoms with Gasteiger partial charge in [-0.2, -0.15) is 0 Å². The van der Waals surface area contributed by atoms with E-state index in [2.05, 4.69) is 15.6 Å². The first-order valence-electron chi connectivity index (χ1n) is 9.17. The van der Waals surface area contributed by atoms with Crippen molar-refractivity contribution in [2.24, 2.45) is 4.99 Å². The molecule has 2 aromatic rings. The van der Waals surface area contributed by atoms with Crippen LogP contribution in [0.15, 0.2) is 53.5 Å². The lowest BCUT2D eigenvalue weighted by atomic mass is 10.1. The molecule has 1 heterocycles. The van der Waals surface area contributed by atoms with Crippen LogP contribution in [0.4, 0.5) is 0 Å². The first kappa shape index (κ1) is 22.7. The number of fused-ring (bicyclic) bond motifs is 1. The van der Waals surface area contributed by atoms with Crippen LogP contribution in [0.2, 0.25) is 0 Å². The van der Waals surface area contributed by atoms with Gasteiger partial charge < -0.3 is 15.4 Å². The van der Waals surface area contributed by atoms with E-state index in [-0.39, 0.29) is 42.3 Å². The Hall–Kier alpha value is -2.62. The minimum Gasteiger partial charge on any atom is -0.496 e. The largest absolute Gasteiger partial charge is 0.496 e. The SMILES string of the molecule is CN=C(NCCc1ccccc1OC)NCCN1C(=O)c2ccccc2C1=O.I. The number of hydrogen-bond acceptors (Lipinski definition) is 4. The summed E-state index contributed by atoms with van der Waals surface area (Å²) in [6.07, 6.45) is 0.781. The summed E-state index contributed by atoms with van der Waals surface area (Å²) >= 11 is 0. The highest BCUT2D eigenvalue weighted by Crippen LogP contribution is 2.21. The number of carbonyl (C=O) groups is 2. The summed E-state index contributed by atoms with van der Waals surface area (Å²) in [4.78, 5) is 30.2. The number of ether oxygens (including phenoxy) is 1. The second kappa shape index (κ2) is 10.8. The quantitative estimate of drug-likeness (QED) is 0.260. The van der Waals surface area contributed by atoms with E-state index >= 15 is 0 Å². The van der Waals surface area contributed by atoms with Gasteiger partial charge >= 0.3 is 0 Å². The number of carbonyl (C=O) groups excluding carboxylic acids is 2. The molecule has 0 saturated heterocycles. The number of para-hydroxylation sites is 1. The fourth-order valence-corrected chi connectivity index (χ4v) is 3.17. The van der Waals surface area contributed by atoms with Crippen molar-refractivity contribution < 1.29 is 14.3 Å². The predicted molar refractivity (Wildman–Crippen MR) is 123 cm³/mol. The third kappa shape index (κ3) is 5.26. The molecular formula is C21H25IN4O3. The van der Waals surface area contributed by atoms with Crippen molar-refractivity contribution in [2.45, 2.75) is 6.42 Å². The molecule has 1 aliphatic rings. The van der Waals surface area contributed by atoms with Crippen LogP contribution in [0.1, 0.15) is 26.3 Å².